The van der Waals surface area contributed by atoms with Crippen molar-refractivity contribution < 1.29 is 9.47 Å². The molecule has 1 aromatic carbocycles. The summed E-state index contributed by atoms with van der Waals surface area (Å²) in [7, 11) is 3.17. The summed E-state index contributed by atoms with van der Waals surface area (Å²) in [6.07, 6.45) is 1.39. The highest BCUT2D eigenvalue weighted by Gasteiger charge is 2.10. The molecule has 0 unspecified atom stereocenters. The molecule has 3 N–H and O–H groups in total. The Bertz CT molecular complexity index is 560. The first kappa shape index (κ1) is 12.9. The molecule has 0 bridgehead atoms. The van der Waals surface area contributed by atoms with E-state index in [2.05, 4.69) is 15.3 Å². The van der Waals surface area contributed by atoms with Crippen molar-refractivity contribution in [3.63, 3.8) is 0 Å². The highest BCUT2D eigenvalue weighted by atomic mass is 16.5. The van der Waals surface area contributed by atoms with Crippen molar-refractivity contribution in [2.45, 2.75) is 6.54 Å². The number of para-hydroxylation sites is 1. The van der Waals surface area contributed by atoms with Crippen LogP contribution in [-0.2, 0) is 6.54 Å². The molecule has 0 aliphatic heterocycles. The maximum Gasteiger partial charge on any atom is 0.203 e. The monoisotopic (exact) mass is 260 g/mol. The van der Waals surface area contributed by atoms with Crippen LogP contribution in [0, 0.1) is 0 Å². The third-order valence-corrected chi connectivity index (χ3v) is 2.67. The van der Waals surface area contributed by atoms with Gasteiger partial charge in [0.05, 0.1) is 14.2 Å². The molecule has 100 valence electrons. The van der Waals surface area contributed by atoms with Crippen LogP contribution in [0.3, 0.4) is 0 Å². The van der Waals surface area contributed by atoms with Gasteiger partial charge < -0.3 is 20.5 Å². The number of nitrogens with zero attached hydrogens (tertiary/aromatic N) is 2. The number of nitrogens with two attached hydrogens (primary N) is 1. The lowest BCUT2D eigenvalue weighted by Crippen LogP contribution is -2.07. The number of methoxy groups -OCH3 is 2. The molecular formula is C13H16N4O2. The Balaban J connectivity index is 2.17. The van der Waals surface area contributed by atoms with Gasteiger partial charge in [0.1, 0.15) is 12.1 Å². The van der Waals surface area contributed by atoms with Crippen LogP contribution < -0.4 is 20.5 Å². The highest BCUT2D eigenvalue weighted by Crippen LogP contribution is 2.27. The van der Waals surface area contributed by atoms with Gasteiger partial charge in [0.25, 0.3) is 0 Å². The second kappa shape index (κ2) is 5.90. The number of hydrogen-bond donors (Lipinski definition) is 2. The zero-order valence-electron chi connectivity index (χ0n) is 10.9. The first-order valence-electron chi connectivity index (χ1n) is 5.76. The fourth-order valence-electron chi connectivity index (χ4n) is 1.74. The Morgan fingerprint density at radius 2 is 1.95 bits per heavy atom. The molecule has 19 heavy (non-hydrogen) atoms. The zero-order valence-corrected chi connectivity index (χ0v) is 10.9. The first-order chi connectivity index (χ1) is 9.26. The van der Waals surface area contributed by atoms with Gasteiger partial charge in [0.2, 0.25) is 5.75 Å². The fraction of sp³-hybridized carbons (Fsp3) is 0.231. The number of benzene rings is 1. The molecule has 2 aromatic rings. The standard InChI is InChI=1S/C13H16N4O2/c1-18-10-6-4-3-5-9(10)7-15-13-11(19-2)12(14)16-8-17-13/h3-6,8H,7H2,1-2H3,(H3,14,15,16,17). The van der Waals surface area contributed by atoms with Gasteiger partial charge in [-0.05, 0) is 6.07 Å². The molecule has 0 spiro atoms. The van der Waals surface area contributed by atoms with Crippen molar-refractivity contribution in [2.75, 3.05) is 25.3 Å². The molecule has 2 rings (SSSR count). The van der Waals surface area contributed by atoms with Crippen LogP contribution in [0.1, 0.15) is 5.56 Å². The number of hydrogen-bond acceptors (Lipinski definition) is 6. The summed E-state index contributed by atoms with van der Waals surface area (Å²) in [6.45, 7) is 0.552. The van der Waals surface area contributed by atoms with Crippen molar-refractivity contribution in [1.82, 2.24) is 9.97 Å². The predicted octanol–water partition coefficient (Wildman–Crippen LogP) is 1.69. The number of rotatable bonds is 5. The molecule has 0 saturated carbocycles. The summed E-state index contributed by atoms with van der Waals surface area (Å²) >= 11 is 0. The van der Waals surface area contributed by atoms with E-state index < -0.39 is 0 Å². The lowest BCUT2D eigenvalue weighted by molar-refractivity contribution is 0.409. The Labute approximate surface area is 111 Å². The highest BCUT2D eigenvalue weighted by molar-refractivity contribution is 5.61. The van der Waals surface area contributed by atoms with Gasteiger partial charge in [-0.3, -0.25) is 0 Å². The van der Waals surface area contributed by atoms with Gasteiger partial charge in [0, 0.05) is 12.1 Å². The van der Waals surface area contributed by atoms with E-state index >= 15 is 0 Å². The van der Waals surface area contributed by atoms with Crippen molar-refractivity contribution in [1.29, 1.82) is 0 Å². The summed E-state index contributed by atoms with van der Waals surface area (Å²) < 4.78 is 10.5. The normalized spacial score (nSPS) is 10.0. The van der Waals surface area contributed by atoms with E-state index in [1.807, 2.05) is 24.3 Å². The molecule has 6 nitrogen and oxygen atoms in total. The van der Waals surface area contributed by atoms with Crippen molar-refractivity contribution in [3.05, 3.63) is 36.2 Å². The van der Waals surface area contributed by atoms with Gasteiger partial charge >= 0.3 is 0 Å². The van der Waals surface area contributed by atoms with Gasteiger partial charge in [-0.25, -0.2) is 9.97 Å². The second-order valence-corrected chi connectivity index (χ2v) is 3.81. The molecule has 0 atom stereocenters. The zero-order chi connectivity index (χ0) is 13.7. The van der Waals surface area contributed by atoms with Gasteiger partial charge in [-0.15, -0.1) is 0 Å². The minimum Gasteiger partial charge on any atom is -0.496 e. The molecule has 0 saturated heterocycles. The van der Waals surface area contributed by atoms with E-state index in [1.165, 1.54) is 13.4 Å². The summed E-state index contributed by atoms with van der Waals surface area (Å²) in [4.78, 5) is 7.99. The fourth-order valence-corrected chi connectivity index (χ4v) is 1.74. The molecule has 1 aromatic heterocycles. The van der Waals surface area contributed by atoms with Crippen LogP contribution in [0.4, 0.5) is 11.6 Å². The topological polar surface area (TPSA) is 82.3 Å². The molecule has 1 heterocycles. The van der Waals surface area contributed by atoms with Crippen LogP contribution in [0.5, 0.6) is 11.5 Å². The molecule has 0 fully saturated rings. The van der Waals surface area contributed by atoms with Crippen molar-refractivity contribution >= 4 is 11.6 Å². The largest absolute Gasteiger partial charge is 0.496 e. The van der Waals surface area contributed by atoms with Crippen molar-refractivity contribution in [3.8, 4) is 11.5 Å². The maximum absolute atomic E-state index is 5.72. The molecule has 0 amide bonds. The first-order valence-corrected chi connectivity index (χ1v) is 5.76. The third kappa shape index (κ3) is 2.85. The number of nitrogen functional groups attached to an aromatic ring is 1. The van der Waals surface area contributed by atoms with Gasteiger partial charge in [-0.2, -0.15) is 0 Å². The third-order valence-electron chi connectivity index (χ3n) is 2.67. The Morgan fingerprint density at radius 3 is 2.68 bits per heavy atom. The SMILES string of the molecule is COc1ccccc1CNc1ncnc(N)c1OC. The number of aromatic nitrogens is 2. The smallest absolute Gasteiger partial charge is 0.203 e. The average Bonchev–Trinajstić information content (AvgIpc) is 2.45. The van der Waals surface area contributed by atoms with Crippen molar-refractivity contribution in [2.24, 2.45) is 0 Å². The summed E-state index contributed by atoms with van der Waals surface area (Å²) in [5.74, 6) is 2.12. The number of ether oxygens (including phenoxy) is 2. The minimum atomic E-state index is 0.306. The lowest BCUT2D eigenvalue weighted by Gasteiger charge is -2.12. The van der Waals surface area contributed by atoms with E-state index in [0.717, 1.165) is 11.3 Å². The van der Waals surface area contributed by atoms with E-state index in [1.54, 1.807) is 7.11 Å². The van der Waals surface area contributed by atoms with E-state index in [4.69, 9.17) is 15.2 Å². The van der Waals surface area contributed by atoms with E-state index in [9.17, 15) is 0 Å². The molecule has 0 radical (unpaired) electrons. The minimum absolute atomic E-state index is 0.306. The second-order valence-electron chi connectivity index (χ2n) is 3.81. The average molecular weight is 260 g/mol. The van der Waals surface area contributed by atoms with Gasteiger partial charge in [0.15, 0.2) is 11.6 Å². The van der Waals surface area contributed by atoms with Crippen LogP contribution in [-0.4, -0.2) is 24.2 Å². The van der Waals surface area contributed by atoms with Crippen LogP contribution >= 0.6 is 0 Å². The molecule has 0 aliphatic carbocycles. The number of nitrogens with one attached hydrogen (secondary N) is 1. The molecule has 0 aliphatic rings. The van der Waals surface area contributed by atoms with Crippen LogP contribution in [0.15, 0.2) is 30.6 Å². The molecule has 6 heteroatoms. The Kier molecular flexibility index (Phi) is 4.02. The van der Waals surface area contributed by atoms with Crippen LogP contribution in [0.2, 0.25) is 0 Å². The van der Waals surface area contributed by atoms with E-state index in [-0.39, 0.29) is 0 Å². The maximum atomic E-state index is 5.72. The summed E-state index contributed by atoms with van der Waals surface area (Å²) in [6, 6.07) is 7.75. The summed E-state index contributed by atoms with van der Waals surface area (Å²) in [5, 5.41) is 3.16. The number of anilines is 2. The van der Waals surface area contributed by atoms with Crippen LogP contribution in [0.25, 0.3) is 0 Å². The Hall–Kier alpha value is -2.50. The van der Waals surface area contributed by atoms with E-state index in [0.29, 0.717) is 23.9 Å². The predicted molar refractivity (Wildman–Crippen MR) is 73.3 cm³/mol. The Morgan fingerprint density at radius 1 is 1.16 bits per heavy atom. The molecular weight excluding hydrogens is 244 g/mol. The quantitative estimate of drug-likeness (QED) is 0.851. The summed E-state index contributed by atoms with van der Waals surface area (Å²) in [5.41, 5.74) is 6.73. The van der Waals surface area contributed by atoms with Gasteiger partial charge in [-0.1, -0.05) is 18.2 Å². The lowest BCUT2D eigenvalue weighted by atomic mass is 10.2.